The van der Waals surface area contributed by atoms with Gasteiger partial charge in [-0.2, -0.15) is 0 Å². The van der Waals surface area contributed by atoms with E-state index in [1.807, 2.05) is 34.9 Å². The van der Waals surface area contributed by atoms with Gasteiger partial charge in [-0.3, -0.25) is 14.7 Å². The van der Waals surface area contributed by atoms with E-state index < -0.39 is 11.0 Å². The lowest BCUT2D eigenvalue weighted by molar-refractivity contribution is -0.384. The van der Waals surface area contributed by atoms with Gasteiger partial charge in [0.15, 0.2) is 0 Å². The van der Waals surface area contributed by atoms with E-state index in [0.717, 1.165) is 11.0 Å². The summed E-state index contributed by atoms with van der Waals surface area (Å²) in [6, 6.07) is 20.2. The monoisotopic (exact) mass is 386 g/mol. The molecule has 1 aliphatic rings. The van der Waals surface area contributed by atoms with E-state index in [2.05, 4.69) is 10.3 Å². The molecule has 0 radical (unpaired) electrons. The third-order valence-corrected chi connectivity index (χ3v) is 5.04. The number of nitrogens with one attached hydrogen (secondary N) is 1. The molecule has 0 bridgehead atoms. The van der Waals surface area contributed by atoms with Crippen molar-refractivity contribution in [3.05, 3.63) is 106 Å². The number of benzene rings is 3. The maximum absolute atomic E-state index is 14.7. The minimum Gasteiger partial charge on any atom is -0.325 e. The van der Waals surface area contributed by atoms with Crippen molar-refractivity contribution in [1.29, 1.82) is 0 Å². The van der Waals surface area contributed by atoms with Gasteiger partial charge in [-0.05, 0) is 24.3 Å². The molecule has 7 heteroatoms. The van der Waals surface area contributed by atoms with Crippen molar-refractivity contribution in [3.8, 4) is 0 Å². The van der Waals surface area contributed by atoms with Crippen LogP contribution in [-0.4, -0.2) is 14.5 Å². The fourth-order valence-electron chi connectivity index (χ4n) is 3.71. The summed E-state index contributed by atoms with van der Waals surface area (Å²) in [5.74, 6) is 0.237. The summed E-state index contributed by atoms with van der Waals surface area (Å²) in [5, 5.41) is 14.4. The molecule has 142 valence electrons. The molecule has 1 aromatic heterocycles. The van der Waals surface area contributed by atoms with Crippen molar-refractivity contribution < 1.29 is 9.31 Å². The Morgan fingerprint density at radius 1 is 1.03 bits per heavy atom. The molecule has 3 aromatic carbocycles. The quantitative estimate of drug-likeness (QED) is 0.391. The topological polar surface area (TPSA) is 73.0 Å². The van der Waals surface area contributed by atoms with Crippen LogP contribution in [0.2, 0.25) is 0 Å². The number of para-hydroxylation sites is 2. The molecule has 1 aliphatic heterocycles. The molecule has 6 nitrogen and oxygen atoms in total. The number of nitro benzene ring substituents is 1. The second-order valence-electron chi connectivity index (χ2n) is 6.77. The Hall–Kier alpha value is -4.00. The molecule has 0 fully saturated rings. The fraction of sp³-hybridized carbons (Fsp3) is 0.0455. The van der Waals surface area contributed by atoms with Crippen LogP contribution in [0, 0.1) is 15.9 Å². The van der Waals surface area contributed by atoms with E-state index in [1.54, 1.807) is 30.3 Å². The number of imidazole rings is 1. The van der Waals surface area contributed by atoms with Crippen molar-refractivity contribution in [2.24, 2.45) is 0 Å². The summed E-state index contributed by atoms with van der Waals surface area (Å²) in [7, 11) is 0. The van der Waals surface area contributed by atoms with Gasteiger partial charge in [0.05, 0.1) is 22.0 Å². The van der Waals surface area contributed by atoms with Crippen molar-refractivity contribution in [3.63, 3.8) is 0 Å². The minimum atomic E-state index is -0.450. The van der Waals surface area contributed by atoms with E-state index in [9.17, 15) is 14.5 Å². The van der Waals surface area contributed by atoms with Gasteiger partial charge in [0.25, 0.3) is 5.69 Å². The molecular weight excluding hydrogens is 371 g/mol. The zero-order chi connectivity index (χ0) is 20.0. The van der Waals surface area contributed by atoms with Crippen LogP contribution in [0.15, 0.2) is 78.9 Å². The number of nitrogens with zero attached hydrogens (tertiary/aromatic N) is 3. The molecular formula is C22H15FN4O2. The first-order valence-electron chi connectivity index (χ1n) is 9.07. The van der Waals surface area contributed by atoms with Gasteiger partial charge in [0.1, 0.15) is 5.82 Å². The van der Waals surface area contributed by atoms with Gasteiger partial charge in [-0.1, -0.05) is 42.5 Å². The summed E-state index contributed by atoms with van der Waals surface area (Å²) in [4.78, 5) is 15.4. The molecule has 0 saturated heterocycles. The predicted molar refractivity (Wildman–Crippen MR) is 109 cm³/mol. The predicted octanol–water partition coefficient (Wildman–Crippen LogP) is 5.14. The minimum absolute atomic E-state index is 0.00767. The Morgan fingerprint density at radius 2 is 1.83 bits per heavy atom. The summed E-state index contributed by atoms with van der Waals surface area (Å²) in [5.41, 5.74) is 3.43. The molecule has 0 aliphatic carbocycles. The molecule has 4 aromatic rings. The van der Waals surface area contributed by atoms with E-state index in [4.69, 9.17) is 0 Å². The molecule has 0 spiro atoms. The number of fused-ring (bicyclic) bond motifs is 3. The largest absolute Gasteiger partial charge is 0.325 e. The fourth-order valence-corrected chi connectivity index (χ4v) is 3.71. The molecule has 1 N–H and O–H groups in total. The highest BCUT2D eigenvalue weighted by Crippen LogP contribution is 2.38. The van der Waals surface area contributed by atoms with Gasteiger partial charge in [-0.25, -0.2) is 9.37 Å². The lowest BCUT2D eigenvalue weighted by Crippen LogP contribution is -2.20. The number of hydrogen-bond acceptors (Lipinski definition) is 4. The Balaban J connectivity index is 1.73. The first-order valence-corrected chi connectivity index (χ1v) is 9.07. The standard InChI is InChI=1S/C22H15FN4O2/c23-17-9-2-1-8-16(17)21-13-19(14-6-5-7-15(12-14)27(28)29)25-22-24-18-10-3-4-11-20(18)26(21)22/h1-13,21H,(H,24,25). The number of aromatic nitrogens is 2. The molecule has 2 heterocycles. The average Bonchev–Trinajstić information content (AvgIpc) is 3.12. The van der Waals surface area contributed by atoms with Gasteiger partial charge in [0.2, 0.25) is 5.95 Å². The van der Waals surface area contributed by atoms with Gasteiger partial charge in [0, 0.05) is 29.0 Å². The average molecular weight is 386 g/mol. The molecule has 0 saturated carbocycles. The maximum Gasteiger partial charge on any atom is 0.270 e. The number of hydrogen-bond donors (Lipinski definition) is 1. The van der Waals surface area contributed by atoms with Crippen LogP contribution >= 0.6 is 0 Å². The normalized spacial score (nSPS) is 15.5. The lowest BCUT2D eigenvalue weighted by Gasteiger charge is -2.26. The van der Waals surface area contributed by atoms with Crippen LogP contribution in [0.1, 0.15) is 17.2 Å². The summed E-state index contributed by atoms with van der Waals surface area (Å²) in [6.07, 6.45) is 1.87. The highest BCUT2D eigenvalue weighted by Gasteiger charge is 2.27. The third kappa shape index (κ3) is 2.84. The van der Waals surface area contributed by atoms with Gasteiger partial charge in [-0.15, -0.1) is 0 Å². The van der Waals surface area contributed by atoms with E-state index in [0.29, 0.717) is 22.8 Å². The highest BCUT2D eigenvalue weighted by molar-refractivity contribution is 5.85. The van der Waals surface area contributed by atoms with Crippen LogP contribution < -0.4 is 5.32 Å². The van der Waals surface area contributed by atoms with Crippen molar-refractivity contribution in [2.45, 2.75) is 6.04 Å². The van der Waals surface area contributed by atoms with E-state index in [1.165, 1.54) is 18.2 Å². The zero-order valence-corrected chi connectivity index (χ0v) is 15.1. The first kappa shape index (κ1) is 17.1. The Labute approximate surface area is 165 Å². The maximum atomic E-state index is 14.7. The lowest BCUT2D eigenvalue weighted by atomic mass is 10.0. The second kappa shape index (κ2) is 6.56. The third-order valence-electron chi connectivity index (χ3n) is 5.04. The Morgan fingerprint density at radius 3 is 2.66 bits per heavy atom. The van der Waals surface area contributed by atoms with Crippen LogP contribution in [0.3, 0.4) is 0 Å². The van der Waals surface area contributed by atoms with E-state index >= 15 is 0 Å². The SMILES string of the molecule is O=[N+]([O-])c1cccc(C2=CC(c3ccccc3F)n3c(nc4ccccc43)N2)c1. The summed E-state index contributed by atoms with van der Waals surface area (Å²) >= 11 is 0. The number of rotatable bonds is 3. The van der Waals surface area contributed by atoms with Gasteiger partial charge < -0.3 is 5.32 Å². The number of non-ortho nitro benzene ring substituents is 1. The number of nitro groups is 1. The highest BCUT2D eigenvalue weighted by atomic mass is 19.1. The van der Waals surface area contributed by atoms with Crippen molar-refractivity contribution in [2.75, 3.05) is 5.32 Å². The van der Waals surface area contributed by atoms with Crippen molar-refractivity contribution >= 4 is 28.4 Å². The molecule has 1 unspecified atom stereocenters. The van der Waals surface area contributed by atoms with Crippen LogP contribution in [0.25, 0.3) is 16.7 Å². The molecule has 29 heavy (non-hydrogen) atoms. The van der Waals surface area contributed by atoms with E-state index in [-0.39, 0.29) is 11.5 Å². The van der Waals surface area contributed by atoms with Crippen LogP contribution in [0.5, 0.6) is 0 Å². The zero-order valence-electron chi connectivity index (χ0n) is 15.1. The van der Waals surface area contributed by atoms with Crippen LogP contribution in [0.4, 0.5) is 16.0 Å². The Bertz CT molecular complexity index is 1290. The summed E-state index contributed by atoms with van der Waals surface area (Å²) in [6.45, 7) is 0. The van der Waals surface area contributed by atoms with Gasteiger partial charge >= 0.3 is 0 Å². The number of halogens is 1. The molecule has 1 atom stereocenters. The van der Waals surface area contributed by atoms with Crippen LogP contribution in [-0.2, 0) is 0 Å². The number of anilines is 1. The Kier molecular flexibility index (Phi) is 3.87. The smallest absolute Gasteiger partial charge is 0.270 e. The molecule has 5 rings (SSSR count). The van der Waals surface area contributed by atoms with Crippen molar-refractivity contribution in [1.82, 2.24) is 9.55 Å². The summed E-state index contributed by atoms with van der Waals surface area (Å²) < 4.78 is 16.6. The number of allylic oxidation sites excluding steroid dienone is 1. The second-order valence-corrected chi connectivity index (χ2v) is 6.77. The first-order chi connectivity index (χ1) is 14.1. The molecule has 0 amide bonds.